The number of aryl methyl sites for hydroxylation is 1. The Labute approximate surface area is 151 Å². The van der Waals surface area contributed by atoms with Crippen molar-refractivity contribution in [1.82, 2.24) is 25.1 Å². The van der Waals surface area contributed by atoms with Crippen molar-refractivity contribution in [3.8, 4) is 5.88 Å². The first-order valence-corrected chi connectivity index (χ1v) is 8.66. The third-order valence-electron chi connectivity index (χ3n) is 4.44. The summed E-state index contributed by atoms with van der Waals surface area (Å²) in [6, 6.07) is 9.10. The molecule has 0 unspecified atom stereocenters. The number of amides is 1. The van der Waals surface area contributed by atoms with Gasteiger partial charge >= 0.3 is 0 Å². The van der Waals surface area contributed by atoms with Crippen LogP contribution >= 0.6 is 0 Å². The molecule has 1 amide bonds. The van der Waals surface area contributed by atoms with Crippen molar-refractivity contribution in [1.29, 1.82) is 0 Å². The van der Waals surface area contributed by atoms with E-state index in [4.69, 9.17) is 4.74 Å². The molecule has 132 valence electrons. The number of fused-ring (bicyclic) bond motifs is 1. The second-order valence-corrected chi connectivity index (χ2v) is 6.41. The predicted octanol–water partition coefficient (Wildman–Crippen LogP) is 2.41. The lowest BCUT2D eigenvalue weighted by molar-refractivity contribution is 0.0525. The molecule has 1 saturated heterocycles. The Morgan fingerprint density at radius 2 is 1.96 bits per heavy atom. The van der Waals surface area contributed by atoms with E-state index in [1.807, 2.05) is 30.0 Å². The molecule has 1 fully saturated rings. The molecule has 1 aromatic carbocycles. The van der Waals surface area contributed by atoms with Crippen molar-refractivity contribution in [2.45, 2.75) is 25.9 Å². The molecule has 3 heterocycles. The summed E-state index contributed by atoms with van der Waals surface area (Å²) in [6.07, 6.45) is 4.98. The molecule has 0 bridgehead atoms. The van der Waals surface area contributed by atoms with Crippen molar-refractivity contribution in [2.75, 3.05) is 13.1 Å². The first kappa shape index (κ1) is 16.4. The van der Waals surface area contributed by atoms with E-state index in [0.717, 1.165) is 36.1 Å². The minimum Gasteiger partial charge on any atom is -0.471 e. The fourth-order valence-corrected chi connectivity index (χ4v) is 3.12. The summed E-state index contributed by atoms with van der Waals surface area (Å²) in [6.45, 7) is 3.13. The molecule has 3 aromatic rings. The number of ether oxygens (including phenoxy) is 1. The smallest absolute Gasteiger partial charge is 0.254 e. The van der Waals surface area contributed by atoms with Crippen LogP contribution in [0.15, 0.2) is 42.7 Å². The zero-order valence-corrected chi connectivity index (χ0v) is 14.5. The van der Waals surface area contributed by atoms with Crippen LogP contribution in [0, 0.1) is 6.92 Å². The molecular weight excluding hydrogens is 330 g/mol. The average molecular weight is 349 g/mol. The quantitative estimate of drug-likeness (QED) is 0.722. The molecule has 0 N–H and O–H groups in total. The van der Waals surface area contributed by atoms with Crippen LogP contribution in [0.2, 0.25) is 0 Å². The Bertz CT molecular complexity index is 929. The van der Waals surface area contributed by atoms with Gasteiger partial charge in [0, 0.05) is 30.6 Å². The summed E-state index contributed by atoms with van der Waals surface area (Å²) < 4.78 is 5.91. The lowest BCUT2D eigenvalue weighted by atomic mass is 10.1. The first-order chi connectivity index (χ1) is 12.7. The third-order valence-corrected chi connectivity index (χ3v) is 4.44. The lowest BCUT2D eigenvalue weighted by Gasteiger charge is -2.32. The van der Waals surface area contributed by atoms with Crippen LogP contribution < -0.4 is 4.74 Å². The van der Waals surface area contributed by atoms with Gasteiger partial charge in [-0.25, -0.2) is 0 Å². The van der Waals surface area contributed by atoms with Gasteiger partial charge < -0.3 is 9.64 Å². The van der Waals surface area contributed by atoms with Gasteiger partial charge in [0.05, 0.1) is 23.3 Å². The highest BCUT2D eigenvalue weighted by atomic mass is 16.5. The molecule has 26 heavy (non-hydrogen) atoms. The van der Waals surface area contributed by atoms with Crippen molar-refractivity contribution in [3.05, 3.63) is 54.0 Å². The molecule has 7 heteroatoms. The fraction of sp³-hybridized carbons (Fsp3) is 0.316. The van der Waals surface area contributed by atoms with E-state index in [2.05, 4.69) is 20.2 Å². The maximum Gasteiger partial charge on any atom is 0.254 e. The molecule has 0 saturated carbocycles. The van der Waals surface area contributed by atoms with E-state index >= 15 is 0 Å². The fourth-order valence-electron chi connectivity index (χ4n) is 3.12. The number of benzene rings is 1. The second kappa shape index (κ2) is 7.03. The summed E-state index contributed by atoms with van der Waals surface area (Å²) in [7, 11) is 0. The summed E-state index contributed by atoms with van der Waals surface area (Å²) >= 11 is 0. The SMILES string of the molecule is Cc1ccc(O[C@@H]2CCCN(C(=O)c3ccc4nccnc4c3)C2)nn1. The average Bonchev–Trinajstić information content (AvgIpc) is 2.69. The van der Waals surface area contributed by atoms with Gasteiger partial charge in [-0.2, -0.15) is 5.10 Å². The molecule has 1 aliphatic heterocycles. The Morgan fingerprint density at radius 1 is 1.12 bits per heavy atom. The summed E-state index contributed by atoms with van der Waals surface area (Å²) in [5, 5.41) is 8.05. The molecule has 7 nitrogen and oxygen atoms in total. The molecule has 0 radical (unpaired) electrons. The maximum atomic E-state index is 12.9. The second-order valence-electron chi connectivity index (χ2n) is 6.41. The molecule has 0 aliphatic carbocycles. The van der Waals surface area contributed by atoms with Gasteiger partial charge in [0.15, 0.2) is 0 Å². The number of nitrogens with zero attached hydrogens (tertiary/aromatic N) is 5. The van der Waals surface area contributed by atoms with Crippen LogP contribution in [-0.2, 0) is 0 Å². The molecule has 2 aromatic heterocycles. The molecule has 1 atom stereocenters. The van der Waals surface area contributed by atoms with Crippen molar-refractivity contribution >= 4 is 16.9 Å². The number of rotatable bonds is 3. The number of carbonyl (C=O) groups is 1. The summed E-state index contributed by atoms with van der Waals surface area (Å²) in [5.74, 6) is 0.483. The predicted molar refractivity (Wildman–Crippen MR) is 95.9 cm³/mol. The zero-order chi connectivity index (χ0) is 17.9. The van der Waals surface area contributed by atoms with E-state index < -0.39 is 0 Å². The van der Waals surface area contributed by atoms with E-state index in [-0.39, 0.29) is 12.0 Å². The Kier molecular flexibility index (Phi) is 4.43. The number of aromatic nitrogens is 4. The van der Waals surface area contributed by atoms with Crippen LogP contribution in [0.3, 0.4) is 0 Å². The number of hydrogen-bond acceptors (Lipinski definition) is 6. The Balaban J connectivity index is 1.47. The lowest BCUT2D eigenvalue weighted by Crippen LogP contribution is -2.44. The van der Waals surface area contributed by atoms with Crippen LogP contribution in [0.1, 0.15) is 28.9 Å². The molecule has 4 rings (SSSR count). The van der Waals surface area contributed by atoms with E-state index in [0.29, 0.717) is 18.0 Å². The van der Waals surface area contributed by atoms with Gasteiger partial charge in [-0.1, -0.05) is 0 Å². The van der Waals surface area contributed by atoms with Crippen LogP contribution in [-0.4, -0.2) is 50.2 Å². The van der Waals surface area contributed by atoms with Crippen molar-refractivity contribution in [2.24, 2.45) is 0 Å². The largest absolute Gasteiger partial charge is 0.471 e. The van der Waals surface area contributed by atoms with Gasteiger partial charge in [0.25, 0.3) is 5.91 Å². The van der Waals surface area contributed by atoms with E-state index in [1.165, 1.54) is 0 Å². The summed E-state index contributed by atoms with van der Waals surface area (Å²) in [5.41, 5.74) is 2.96. The number of hydrogen-bond donors (Lipinski definition) is 0. The zero-order valence-electron chi connectivity index (χ0n) is 14.5. The van der Waals surface area contributed by atoms with E-state index in [9.17, 15) is 4.79 Å². The minimum absolute atomic E-state index is 0.0131. The van der Waals surface area contributed by atoms with Crippen LogP contribution in [0.5, 0.6) is 5.88 Å². The first-order valence-electron chi connectivity index (χ1n) is 8.66. The topological polar surface area (TPSA) is 81.1 Å². The minimum atomic E-state index is -0.0787. The van der Waals surface area contributed by atoms with Crippen LogP contribution in [0.4, 0.5) is 0 Å². The normalized spacial score (nSPS) is 17.3. The highest BCUT2D eigenvalue weighted by Crippen LogP contribution is 2.19. The number of piperidine rings is 1. The highest BCUT2D eigenvalue weighted by molar-refractivity contribution is 5.97. The van der Waals surface area contributed by atoms with Gasteiger partial charge in [-0.05, 0) is 44.0 Å². The van der Waals surface area contributed by atoms with Crippen molar-refractivity contribution in [3.63, 3.8) is 0 Å². The highest BCUT2D eigenvalue weighted by Gasteiger charge is 2.26. The number of likely N-dealkylation sites (tertiary alicyclic amines) is 1. The standard InChI is InChI=1S/C19H19N5O2/c1-13-4-7-18(23-22-13)26-15-3-2-10-24(12-15)19(25)14-5-6-16-17(11-14)21-9-8-20-16/h4-9,11,15H,2-3,10,12H2,1H3/t15-/m1/s1. The van der Waals surface area contributed by atoms with Gasteiger partial charge in [0.1, 0.15) is 6.10 Å². The summed E-state index contributed by atoms with van der Waals surface area (Å²) in [4.78, 5) is 23.2. The van der Waals surface area contributed by atoms with Crippen molar-refractivity contribution < 1.29 is 9.53 Å². The van der Waals surface area contributed by atoms with Gasteiger partial charge in [0.2, 0.25) is 5.88 Å². The monoisotopic (exact) mass is 349 g/mol. The van der Waals surface area contributed by atoms with E-state index in [1.54, 1.807) is 24.5 Å². The van der Waals surface area contributed by atoms with Crippen LogP contribution in [0.25, 0.3) is 11.0 Å². The molecular formula is C19H19N5O2. The Morgan fingerprint density at radius 3 is 2.77 bits per heavy atom. The Hall–Kier alpha value is -3.09. The third kappa shape index (κ3) is 3.46. The molecule has 0 spiro atoms. The maximum absolute atomic E-state index is 12.9. The van der Waals surface area contributed by atoms with Gasteiger partial charge in [-0.3, -0.25) is 14.8 Å². The molecule has 1 aliphatic rings. The van der Waals surface area contributed by atoms with Gasteiger partial charge in [-0.15, -0.1) is 5.10 Å². The number of carbonyl (C=O) groups excluding carboxylic acids is 1.